The first-order valence-electron chi connectivity index (χ1n) is 5.79. The van der Waals surface area contributed by atoms with Crippen LogP contribution in [0.4, 0.5) is 0 Å². The van der Waals surface area contributed by atoms with Gasteiger partial charge in [-0.15, -0.1) is 0 Å². The molecule has 4 heteroatoms. The molecule has 1 fully saturated rings. The van der Waals surface area contributed by atoms with Crippen molar-refractivity contribution in [3.8, 4) is 0 Å². The van der Waals surface area contributed by atoms with Gasteiger partial charge >= 0.3 is 0 Å². The maximum atomic E-state index is 6.13. The summed E-state index contributed by atoms with van der Waals surface area (Å²) in [5, 5.41) is 0. The number of fused-ring (bicyclic) bond motifs is 1. The second-order valence-electron chi connectivity index (χ2n) is 4.59. The summed E-state index contributed by atoms with van der Waals surface area (Å²) < 4.78 is 2.14. The van der Waals surface area contributed by atoms with Crippen molar-refractivity contribution >= 4 is 11.0 Å². The molecule has 16 heavy (non-hydrogen) atoms. The molecule has 2 unspecified atom stereocenters. The summed E-state index contributed by atoms with van der Waals surface area (Å²) in [6.45, 7) is 0. The predicted octanol–water partition coefficient (Wildman–Crippen LogP) is 1.56. The molecule has 1 saturated carbocycles. The van der Waals surface area contributed by atoms with Crippen LogP contribution in [-0.4, -0.2) is 20.6 Å². The van der Waals surface area contributed by atoms with Crippen molar-refractivity contribution in [2.75, 3.05) is 0 Å². The molecule has 0 aliphatic heterocycles. The van der Waals surface area contributed by atoms with Crippen LogP contribution < -0.4 is 5.73 Å². The summed E-state index contributed by atoms with van der Waals surface area (Å²) in [4.78, 5) is 8.83. The van der Waals surface area contributed by atoms with Gasteiger partial charge in [-0.25, -0.2) is 4.98 Å². The van der Waals surface area contributed by atoms with E-state index in [4.69, 9.17) is 5.73 Å². The average Bonchev–Trinajstić information content (AvgIpc) is 2.84. The number of nitrogens with two attached hydrogens (primary N) is 1. The smallest absolute Gasteiger partial charge is 0.114 e. The summed E-state index contributed by atoms with van der Waals surface area (Å²) in [5.74, 6) is 1.53. The van der Waals surface area contributed by atoms with Gasteiger partial charge in [0.25, 0.3) is 0 Å². The molecule has 0 amide bonds. The SMILES string of the molecule is Cn1c(C2CCCC2N)nc2ccncc21. The molecule has 2 aromatic heterocycles. The van der Waals surface area contributed by atoms with Gasteiger partial charge in [-0.2, -0.15) is 0 Å². The van der Waals surface area contributed by atoms with Crippen molar-refractivity contribution < 1.29 is 0 Å². The number of hydrogen-bond donors (Lipinski definition) is 1. The highest BCUT2D eigenvalue weighted by Crippen LogP contribution is 2.33. The van der Waals surface area contributed by atoms with Crippen LogP contribution in [0.5, 0.6) is 0 Å². The van der Waals surface area contributed by atoms with Crippen LogP contribution >= 0.6 is 0 Å². The van der Waals surface area contributed by atoms with Gasteiger partial charge in [0, 0.05) is 25.2 Å². The fourth-order valence-corrected chi connectivity index (χ4v) is 2.69. The highest BCUT2D eigenvalue weighted by Gasteiger charge is 2.29. The van der Waals surface area contributed by atoms with E-state index in [-0.39, 0.29) is 6.04 Å². The Morgan fingerprint density at radius 1 is 1.44 bits per heavy atom. The molecule has 0 spiro atoms. The second-order valence-corrected chi connectivity index (χ2v) is 4.59. The van der Waals surface area contributed by atoms with Crippen LogP contribution in [0.25, 0.3) is 11.0 Å². The van der Waals surface area contributed by atoms with Gasteiger partial charge in [-0.1, -0.05) is 6.42 Å². The molecular weight excluding hydrogens is 200 g/mol. The van der Waals surface area contributed by atoms with E-state index in [9.17, 15) is 0 Å². The average molecular weight is 216 g/mol. The maximum absolute atomic E-state index is 6.13. The van der Waals surface area contributed by atoms with Gasteiger partial charge in [0.1, 0.15) is 5.82 Å². The summed E-state index contributed by atoms with van der Waals surface area (Å²) in [7, 11) is 2.05. The number of aromatic nitrogens is 3. The topological polar surface area (TPSA) is 56.7 Å². The number of nitrogens with zero attached hydrogens (tertiary/aromatic N) is 3. The molecule has 1 aliphatic rings. The lowest BCUT2D eigenvalue weighted by atomic mass is 10.0. The van der Waals surface area contributed by atoms with Gasteiger partial charge in [-0.05, 0) is 18.9 Å². The van der Waals surface area contributed by atoms with Crippen LogP contribution in [0.2, 0.25) is 0 Å². The van der Waals surface area contributed by atoms with E-state index in [0.29, 0.717) is 5.92 Å². The Kier molecular flexibility index (Phi) is 2.17. The number of hydrogen-bond acceptors (Lipinski definition) is 3. The van der Waals surface area contributed by atoms with Gasteiger partial charge in [0.05, 0.1) is 17.2 Å². The lowest BCUT2D eigenvalue weighted by Crippen LogP contribution is -2.24. The van der Waals surface area contributed by atoms with E-state index in [1.807, 2.05) is 12.3 Å². The zero-order valence-corrected chi connectivity index (χ0v) is 9.43. The summed E-state index contributed by atoms with van der Waals surface area (Å²) >= 11 is 0. The molecule has 84 valence electrons. The maximum Gasteiger partial charge on any atom is 0.114 e. The first-order valence-corrected chi connectivity index (χ1v) is 5.79. The minimum atomic E-state index is 0.267. The predicted molar refractivity (Wildman–Crippen MR) is 63.1 cm³/mol. The van der Waals surface area contributed by atoms with Crippen molar-refractivity contribution in [2.24, 2.45) is 12.8 Å². The fraction of sp³-hybridized carbons (Fsp3) is 0.500. The van der Waals surface area contributed by atoms with Gasteiger partial charge in [0.15, 0.2) is 0 Å². The third kappa shape index (κ3) is 1.33. The molecule has 2 aromatic rings. The Morgan fingerprint density at radius 3 is 3.00 bits per heavy atom. The molecule has 0 radical (unpaired) electrons. The molecule has 1 aliphatic carbocycles. The van der Waals surface area contributed by atoms with E-state index in [2.05, 4.69) is 21.6 Å². The Balaban J connectivity index is 2.13. The van der Waals surface area contributed by atoms with E-state index < -0.39 is 0 Å². The Morgan fingerprint density at radius 2 is 2.31 bits per heavy atom. The van der Waals surface area contributed by atoms with Crippen LogP contribution in [0.15, 0.2) is 18.5 Å². The second kappa shape index (κ2) is 3.56. The number of imidazole rings is 1. The fourth-order valence-electron chi connectivity index (χ4n) is 2.69. The van der Waals surface area contributed by atoms with Crippen molar-refractivity contribution in [3.05, 3.63) is 24.3 Å². The molecule has 0 aromatic carbocycles. The third-order valence-corrected chi connectivity index (χ3v) is 3.62. The quantitative estimate of drug-likeness (QED) is 0.787. The zero-order chi connectivity index (χ0) is 11.1. The van der Waals surface area contributed by atoms with Gasteiger partial charge in [-0.3, -0.25) is 4.98 Å². The summed E-state index contributed by atoms with van der Waals surface area (Å²) in [5.41, 5.74) is 8.25. The third-order valence-electron chi connectivity index (χ3n) is 3.62. The molecule has 2 heterocycles. The Labute approximate surface area is 94.5 Å². The van der Waals surface area contributed by atoms with E-state index >= 15 is 0 Å². The lowest BCUT2D eigenvalue weighted by Gasteiger charge is -2.14. The van der Waals surface area contributed by atoms with Crippen LogP contribution in [-0.2, 0) is 7.05 Å². The van der Waals surface area contributed by atoms with Crippen LogP contribution in [0, 0.1) is 0 Å². The van der Waals surface area contributed by atoms with Crippen molar-refractivity contribution in [3.63, 3.8) is 0 Å². The first-order chi connectivity index (χ1) is 7.77. The minimum Gasteiger partial charge on any atom is -0.330 e. The highest BCUT2D eigenvalue weighted by molar-refractivity contribution is 5.74. The van der Waals surface area contributed by atoms with Crippen LogP contribution in [0.3, 0.4) is 0 Å². The van der Waals surface area contributed by atoms with E-state index in [1.165, 1.54) is 6.42 Å². The largest absolute Gasteiger partial charge is 0.330 e. The van der Waals surface area contributed by atoms with Crippen molar-refractivity contribution in [2.45, 2.75) is 31.2 Å². The van der Waals surface area contributed by atoms with E-state index in [0.717, 1.165) is 29.7 Å². The Bertz CT molecular complexity index is 517. The molecule has 2 atom stereocenters. The van der Waals surface area contributed by atoms with Crippen LogP contribution in [0.1, 0.15) is 31.0 Å². The normalized spacial score (nSPS) is 25.4. The Hall–Kier alpha value is -1.42. The standard InChI is InChI=1S/C12H16N4/c1-16-11-7-14-6-5-10(11)15-12(16)8-3-2-4-9(8)13/h5-9H,2-4,13H2,1H3. The lowest BCUT2D eigenvalue weighted by molar-refractivity contribution is 0.565. The molecule has 3 rings (SSSR count). The highest BCUT2D eigenvalue weighted by atomic mass is 15.1. The van der Waals surface area contributed by atoms with Crippen molar-refractivity contribution in [1.82, 2.24) is 14.5 Å². The number of rotatable bonds is 1. The monoisotopic (exact) mass is 216 g/mol. The molecule has 4 nitrogen and oxygen atoms in total. The molecule has 0 bridgehead atoms. The molecular formula is C12H16N4. The van der Waals surface area contributed by atoms with E-state index in [1.54, 1.807) is 6.20 Å². The number of aryl methyl sites for hydroxylation is 1. The van der Waals surface area contributed by atoms with Gasteiger partial charge in [0.2, 0.25) is 0 Å². The minimum absolute atomic E-state index is 0.267. The summed E-state index contributed by atoms with van der Waals surface area (Å²) in [6.07, 6.45) is 7.14. The molecule has 0 saturated heterocycles. The van der Waals surface area contributed by atoms with Crippen molar-refractivity contribution in [1.29, 1.82) is 0 Å². The molecule has 2 N–H and O–H groups in total. The zero-order valence-electron chi connectivity index (χ0n) is 9.43. The first kappa shape index (κ1) is 9.78. The van der Waals surface area contributed by atoms with Gasteiger partial charge < -0.3 is 10.3 Å². The number of pyridine rings is 1. The summed E-state index contributed by atoms with van der Waals surface area (Å²) in [6, 6.07) is 2.22.